The predicted octanol–water partition coefficient (Wildman–Crippen LogP) is 5.27. The number of rotatable bonds is 5. The van der Waals surface area contributed by atoms with E-state index in [0.29, 0.717) is 27.8 Å². The maximum Gasteiger partial charge on any atom is 0.0595 e. The first-order valence-electron chi connectivity index (χ1n) is 8.35. The molecule has 4 heteroatoms. The normalized spacial score (nSPS) is 29.3. The lowest BCUT2D eigenvalue weighted by Crippen LogP contribution is -2.27. The van der Waals surface area contributed by atoms with E-state index in [2.05, 4.69) is 19.9 Å². The van der Waals surface area contributed by atoms with Crippen molar-refractivity contribution in [3.63, 3.8) is 0 Å². The van der Waals surface area contributed by atoms with Crippen LogP contribution >= 0.6 is 23.2 Å². The largest absolute Gasteiger partial charge is 0.381 e. The first-order valence-corrected chi connectivity index (χ1v) is 9.10. The van der Waals surface area contributed by atoms with Crippen molar-refractivity contribution < 1.29 is 4.74 Å². The van der Waals surface area contributed by atoms with Gasteiger partial charge in [-0.2, -0.15) is 0 Å². The average molecular weight is 344 g/mol. The molecule has 0 aromatic heterocycles. The lowest BCUT2D eigenvalue weighted by atomic mass is 9.76. The smallest absolute Gasteiger partial charge is 0.0595 e. The van der Waals surface area contributed by atoms with Crippen LogP contribution in [0.2, 0.25) is 10.0 Å². The molecule has 2 N–H and O–H groups in total. The first-order chi connectivity index (χ1) is 10.6. The molecule has 22 heavy (non-hydrogen) atoms. The lowest BCUT2D eigenvalue weighted by Gasteiger charge is -2.32. The molecule has 1 aliphatic rings. The van der Waals surface area contributed by atoms with E-state index in [9.17, 15) is 0 Å². The zero-order valence-electron chi connectivity index (χ0n) is 13.5. The minimum Gasteiger partial charge on any atom is -0.381 e. The molecule has 0 saturated heterocycles. The third-order valence-corrected chi connectivity index (χ3v) is 5.74. The Balaban J connectivity index is 2.33. The fourth-order valence-corrected chi connectivity index (χ4v) is 4.04. The highest BCUT2D eigenvalue weighted by atomic mass is 35.5. The van der Waals surface area contributed by atoms with Gasteiger partial charge in [0.05, 0.1) is 16.7 Å². The summed E-state index contributed by atoms with van der Waals surface area (Å²) in [5.74, 6) is 1.54. The highest BCUT2D eigenvalue weighted by Crippen LogP contribution is 2.42. The summed E-state index contributed by atoms with van der Waals surface area (Å²) in [5, 5.41) is 1.23. The summed E-state index contributed by atoms with van der Waals surface area (Å²) in [5.41, 5.74) is 7.58. The fraction of sp³-hybridized carbons (Fsp3) is 0.667. The van der Waals surface area contributed by atoms with E-state index >= 15 is 0 Å². The number of hydrogen-bond acceptors (Lipinski definition) is 2. The summed E-state index contributed by atoms with van der Waals surface area (Å²) in [6.45, 7) is 5.88. The van der Waals surface area contributed by atoms with Gasteiger partial charge >= 0.3 is 0 Å². The Kier molecular flexibility index (Phi) is 7.01. The molecule has 1 aliphatic carbocycles. The Morgan fingerprint density at radius 2 is 1.95 bits per heavy atom. The van der Waals surface area contributed by atoms with Crippen LogP contribution in [0, 0.1) is 11.8 Å². The second-order valence-corrected chi connectivity index (χ2v) is 7.16. The number of nitrogens with two attached hydrogens (primary N) is 1. The molecule has 1 fully saturated rings. The molecular weight excluding hydrogens is 317 g/mol. The molecule has 0 amide bonds. The van der Waals surface area contributed by atoms with Crippen LogP contribution in [0.5, 0.6) is 0 Å². The standard InChI is InChI=1S/C18H27Cl2NO/c1-3-12-5-7-14(21)10-15(16(12)11-22-4-2)13-6-8-17(19)18(20)9-13/h6,8-9,12,14-16H,3-5,7,10-11,21H2,1-2H3/t12-,14+,15-,16+/m1/s1. The monoisotopic (exact) mass is 343 g/mol. The molecule has 0 aliphatic heterocycles. The zero-order chi connectivity index (χ0) is 16.1. The van der Waals surface area contributed by atoms with Crippen molar-refractivity contribution in [3.05, 3.63) is 33.8 Å². The molecule has 1 saturated carbocycles. The van der Waals surface area contributed by atoms with E-state index in [0.717, 1.165) is 26.1 Å². The lowest BCUT2D eigenvalue weighted by molar-refractivity contribution is 0.0714. The molecule has 124 valence electrons. The molecule has 0 radical (unpaired) electrons. The van der Waals surface area contributed by atoms with Crippen molar-refractivity contribution in [1.82, 2.24) is 0 Å². The van der Waals surface area contributed by atoms with Gasteiger partial charge in [-0.25, -0.2) is 0 Å². The van der Waals surface area contributed by atoms with Crippen LogP contribution in [0.1, 0.15) is 51.0 Å². The summed E-state index contributed by atoms with van der Waals surface area (Å²) >= 11 is 12.3. The van der Waals surface area contributed by atoms with Crippen molar-refractivity contribution >= 4 is 23.2 Å². The van der Waals surface area contributed by atoms with Gasteiger partial charge in [0.15, 0.2) is 0 Å². The molecule has 1 aromatic rings. The van der Waals surface area contributed by atoms with Gasteiger partial charge in [0, 0.05) is 12.6 Å². The topological polar surface area (TPSA) is 35.2 Å². The molecule has 4 atom stereocenters. The second-order valence-electron chi connectivity index (χ2n) is 6.34. The van der Waals surface area contributed by atoms with Crippen LogP contribution in [0.15, 0.2) is 18.2 Å². The number of hydrogen-bond donors (Lipinski definition) is 1. The molecule has 2 nitrogen and oxygen atoms in total. The third-order valence-electron chi connectivity index (χ3n) is 5.00. The van der Waals surface area contributed by atoms with E-state index < -0.39 is 0 Å². The van der Waals surface area contributed by atoms with Crippen LogP contribution < -0.4 is 5.73 Å². The van der Waals surface area contributed by atoms with E-state index in [-0.39, 0.29) is 6.04 Å². The number of benzene rings is 1. The highest BCUT2D eigenvalue weighted by Gasteiger charge is 2.34. The van der Waals surface area contributed by atoms with Gasteiger partial charge in [-0.15, -0.1) is 0 Å². The van der Waals surface area contributed by atoms with Gasteiger partial charge in [-0.05, 0) is 61.6 Å². The van der Waals surface area contributed by atoms with Crippen molar-refractivity contribution in [2.75, 3.05) is 13.2 Å². The van der Waals surface area contributed by atoms with Crippen LogP contribution in [0.3, 0.4) is 0 Å². The predicted molar refractivity (Wildman–Crippen MR) is 94.8 cm³/mol. The highest BCUT2D eigenvalue weighted by molar-refractivity contribution is 6.42. The Bertz CT molecular complexity index is 480. The second kappa shape index (κ2) is 8.54. The van der Waals surface area contributed by atoms with E-state index in [4.69, 9.17) is 33.7 Å². The summed E-state index contributed by atoms with van der Waals surface area (Å²) < 4.78 is 5.80. The van der Waals surface area contributed by atoms with Gasteiger partial charge in [0.2, 0.25) is 0 Å². The average Bonchev–Trinajstić information content (AvgIpc) is 2.66. The molecule has 2 rings (SSSR count). The summed E-state index contributed by atoms with van der Waals surface area (Å²) in [7, 11) is 0. The van der Waals surface area contributed by atoms with Crippen molar-refractivity contribution in [2.45, 2.75) is 51.5 Å². The minimum atomic E-state index is 0.250. The quantitative estimate of drug-likeness (QED) is 0.739. The molecule has 0 heterocycles. The van der Waals surface area contributed by atoms with Gasteiger partial charge < -0.3 is 10.5 Å². The Labute approximate surface area is 144 Å². The summed E-state index contributed by atoms with van der Waals surface area (Å²) in [6.07, 6.45) is 4.45. The Morgan fingerprint density at radius 3 is 2.59 bits per heavy atom. The zero-order valence-corrected chi connectivity index (χ0v) is 15.0. The SMILES string of the molecule is CCOC[C@H]1[C@H](CC)CC[C@H](N)C[C@@H]1c1ccc(Cl)c(Cl)c1. The number of ether oxygens (including phenoxy) is 1. The molecular formula is C18H27Cl2NO. The van der Waals surface area contributed by atoms with Gasteiger partial charge in [0.25, 0.3) is 0 Å². The van der Waals surface area contributed by atoms with Crippen molar-refractivity contribution in [2.24, 2.45) is 17.6 Å². The van der Waals surface area contributed by atoms with Crippen molar-refractivity contribution in [3.8, 4) is 0 Å². The third kappa shape index (κ3) is 4.38. The van der Waals surface area contributed by atoms with Gasteiger partial charge in [-0.3, -0.25) is 0 Å². The Hall–Kier alpha value is -0.280. The maximum atomic E-state index is 6.34. The van der Waals surface area contributed by atoms with E-state index in [1.54, 1.807) is 0 Å². The summed E-state index contributed by atoms with van der Waals surface area (Å²) in [4.78, 5) is 0. The number of halogens is 2. The van der Waals surface area contributed by atoms with Crippen LogP contribution in [-0.4, -0.2) is 19.3 Å². The summed E-state index contributed by atoms with van der Waals surface area (Å²) in [6, 6.07) is 6.26. The molecule has 0 unspecified atom stereocenters. The molecule has 0 spiro atoms. The van der Waals surface area contributed by atoms with E-state index in [1.807, 2.05) is 12.1 Å². The minimum absolute atomic E-state index is 0.250. The van der Waals surface area contributed by atoms with Crippen LogP contribution in [-0.2, 0) is 4.74 Å². The fourth-order valence-electron chi connectivity index (χ4n) is 3.73. The van der Waals surface area contributed by atoms with Crippen LogP contribution in [0.25, 0.3) is 0 Å². The maximum absolute atomic E-state index is 6.34. The van der Waals surface area contributed by atoms with E-state index in [1.165, 1.54) is 18.4 Å². The van der Waals surface area contributed by atoms with Crippen LogP contribution in [0.4, 0.5) is 0 Å². The van der Waals surface area contributed by atoms with Crippen molar-refractivity contribution in [1.29, 1.82) is 0 Å². The molecule has 1 aromatic carbocycles. The molecule has 0 bridgehead atoms. The first kappa shape index (κ1) is 18.1. The van der Waals surface area contributed by atoms with Gasteiger partial charge in [0.1, 0.15) is 0 Å². The van der Waals surface area contributed by atoms with Gasteiger partial charge in [-0.1, -0.05) is 42.6 Å². The Morgan fingerprint density at radius 1 is 1.18 bits per heavy atom.